The van der Waals surface area contributed by atoms with E-state index >= 15 is 0 Å². The zero-order chi connectivity index (χ0) is 18.5. The fourth-order valence-electron chi connectivity index (χ4n) is 2.58. The van der Waals surface area contributed by atoms with E-state index in [0.29, 0.717) is 17.6 Å². The molecule has 1 aromatic heterocycles. The first-order chi connectivity index (χ1) is 12.7. The Balaban J connectivity index is 1.93. The Morgan fingerprint density at radius 2 is 2.00 bits per heavy atom. The van der Waals surface area contributed by atoms with E-state index in [-0.39, 0.29) is 18.8 Å². The summed E-state index contributed by atoms with van der Waals surface area (Å²) in [5, 5.41) is 4.05. The smallest absolute Gasteiger partial charge is 0.327 e. The third-order valence-electron chi connectivity index (χ3n) is 4.05. The van der Waals surface area contributed by atoms with Gasteiger partial charge in [-0.1, -0.05) is 24.3 Å². The molecule has 0 aliphatic carbocycles. The molecule has 26 heavy (non-hydrogen) atoms. The molecule has 0 aliphatic rings. The summed E-state index contributed by atoms with van der Waals surface area (Å²) in [6.07, 6.45) is 3.89. The number of halogens is 1. The highest BCUT2D eigenvalue weighted by molar-refractivity contribution is 7.98. The van der Waals surface area contributed by atoms with E-state index in [1.807, 2.05) is 30.5 Å². The van der Waals surface area contributed by atoms with Crippen molar-refractivity contribution in [1.29, 1.82) is 0 Å². The van der Waals surface area contributed by atoms with Gasteiger partial charge in [0.05, 0.1) is 18.6 Å². The van der Waals surface area contributed by atoms with Gasteiger partial charge in [0.25, 0.3) is 0 Å². The molecule has 134 valence electrons. The molecule has 7 heteroatoms. The van der Waals surface area contributed by atoms with Crippen LogP contribution in [0.25, 0.3) is 16.8 Å². The maximum atomic E-state index is 12.7. The summed E-state index contributed by atoms with van der Waals surface area (Å²) in [6, 6.07) is 15.9. The third-order valence-corrected chi connectivity index (χ3v) is 4.79. The van der Waals surface area contributed by atoms with Crippen LogP contribution in [0.1, 0.15) is 0 Å². The van der Waals surface area contributed by atoms with Gasteiger partial charge >= 0.3 is 5.69 Å². The number of aromatic nitrogens is 3. The molecule has 0 spiro atoms. The van der Waals surface area contributed by atoms with Crippen molar-refractivity contribution in [2.24, 2.45) is 5.73 Å². The zero-order valence-electron chi connectivity index (χ0n) is 14.3. The van der Waals surface area contributed by atoms with Crippen LogP contribution >= 0.6 is 11.8 Å². The molecular formula is C19H19FN4OS. The summed E-state index contributed by atoms with van der Waals surface area (Å²) in [7, 11) is 0. The van der Waals surface area contributed by atoms with Gasteiger partial charge < -0.3 is 5.73 Å². The van der Waals surface area contributed by atoms with Crippen LogP contribution in [0.5, 0.6) is 0 Å². The first kappa shape index (κ1) is 18.2. The van der Waals surface area contributed by atoms with Crippen LogP contribution in [0.4, 0.5) is 4.39 Å². The Bertz CT molecular complexity index is 976. The lowest BCUT2D eigenvalue weighted by atomic mass is 10.1. The zero-order valence-corrected chi connectivity index (χ0v) is 15.1. The standard InChI is InChI=1S/C19H19FN4OS/c1-26-18-7-5-15(6-8-18)16-3-2-4-17(9-16)23-13-22-24(19(23)25)12-14(10-20)11-21/h2-10,13H,11-12,21H2,1H3/b14-10+. The average Bonchev–Trinajstić information content (AvgIpc) is 3.06. The largest absolute Gasteiger partial charge is 0.350 e. The number of thioether (sulfide) groups is 1. The monoisotopic (exact) mass is 370 g/mol. The predicted octanol–water partition coefficient (Wildman–Crippen LogP) is 3.24. The highest BCUT2D eigenvalue weighted by Crippen LogP contribution is 2.24. The van der Waals surface area contributed by atoms with E-state index in [9.17, 15) is 9.18 Å². The Hall–Kier alpha value is -2.64. The fourth-order valence-corrected chi connectivity index (χ4v) is 2.99. The first-order valence-electron chi connectivity index (χ1n) is 8.03. The van der Waals surface area contributed by atoms with Crippen LogP contribution in [0.15, 0.2) is 76.5 Å². The van der Waals surface area contributed by atoms with Gasteiger partial charge in [-0.15, -0.1) is 11.8 Å². The van der Waals surface area contributed by atoms with Crippen molar-refractivity contribution in [3.63, 3.8) is 0 Å². The summed E-state index contributed by atoms with van der Waals surface area (Å²) in [5.41, 5.74) is 8.18. The summed E-state index contributed by atoms with van der Waals surface area (Å²) >= 11 is 1.69. The van der Waals surface area contributed by atoms with Gasteiger partial charge in [-0.3, -0.25) is 0 Å². The van der Waals surface area contributed by atoms with Gasteiger partial charge in [0.1, 0.15) is 6.33 Å². The van der Waals surface area contributed by atoms with E-state index in [4.69, 9.17) is 5.73 Å². The fraction of sp³-hybridized carbons (Fsp3) is 0.158. The minimum Gasteiger partial charge on any atom is -0.327 e. The lowest BCUT2D eigenvalue weighted by Crippen LogP contribution is -2.25. The maximum absolute atomic E-state index is 12.7. The second-order valence-corrected chi connectivity index (χ2v) is 6.57. The molecule has 0 amide bonds. The maximum Gasteiger partial charge on any atom is 0.350 e. The molecular weight excluding hydrogens is 351 g/mol. The molecule has 0 saturated carbocycles. The molecule has 0 aliphatic heterocycles. The number of nitrogens with zero attached hydrogens (tertiary/aromatic N) is 3. The highest BCUT2D eigenvalue weighted by Gasteiger charge is 2.09. The molecule has 1 heterocycles. The van der Waals surface area contributed by atoms with E-state index in [1.165, 1.54) is 20.5 Å². The van der Waals surface area contributed by atoms with Crippen LogP contribution in [-0.2, 0) is 6.54 Å². The molecule has 0 atom stereocenters. The topological polar surface area (TPSA) is 65.8 Å². The lowest BCUT2D eigenvalue weighted by Gasteiger charge is -2.06. The number of hydrogen-bond donors (Lipinski definition) is 1. The Labute approximate surface area is 155 Å². The number of nitrogens with two attached hydrogens (primary N) is 1. The highest BCUT2D eigenvalue weighted by atomic mass is 32.2. The molecule has 5 nitrogen and oxygen atoms in total. The van der Waals surface area contributed by atoms with Crippen LogP contribution in [0, 0.1) is 0 Å². The molecule has 0 radical (unpaired) electrons. The van der Waals surface area contributed by atoms with Crippen molar-refractivity contribution in [1.82, 2.24) is 14.3 Å². The number of rotatable bonds is 6. The summed E-state index contributed by atoms with van der Waals surface area (Å²) in [5.74, 6) is 0. The number of hydrogen-bond acceptors (Lipinski definition) is 4. The Morgan fingerprint density at radius 1 is 1.23 bits per heavy atom. The van der Waals surface area contributed by atoms with Gasteiger partial charge in [0, 0.05) is 11.4 Å². The van der Waals surface area contributed by atoms with Gasteiger partial charge in [-0.2, -0.15) is 5.10 Å². The second kappa shape index (κ2) is 8.16. The SMILES string of the molecule is CSc1ccc(-c2cccc(-n3cnn(C/C(=C/F)CN)c3=O)c2)cc1. The van der Waals surface area contributed by atoms with Crippen molar-refractivity contribution in [3.05, 3.63) is 77.2 Å². The van der Waals surface area contributed by atoms with Crippen molar-refractivity contribution in [2.45, 2.75) is 11.4 Å². The minimum absolute atomic E-state index is 0.0364. The quantitative estimate of drug-likeness (QED) is 0.677. The lowest BCUT2D eigenvalue weighted by molar-refractivity contribution is 0.612. The van der Waals surface area contributed by atoms with Crippen LogP contribution in [0.2, 0.25) is 0 Å². The van der Waals surface area contributed by atoms with Gasteiger partial charge in [-0.25, -0.2) is 18.4 Å². The minimum atomic E-state index is -0.340. The molecule has 0 fully saturated rings. The van der Waals surface area contributed by atoms with Crippen LogP contribution in [-0.4, -0.2) is 27.1 Å². The summed E-state index contributed by atoms with van der Waals surface area (Å²) in [6.45, 7) is 0.0754. The predicted molar refractivity (Wildman–Crippen MR) is 103 cm³/mol. The van der Waals surface area contributed by atoms with Crippen molar-refractivity contribution in [2.75, 3.05) is 12.8 Å². The normalized spacial score (nSPS) is 11.7. The first-order valence-corrected chi connectivity index (χ1v) is 9.26. The van der Waals surface area contributed by atoms with Gasteiger partial charge in [0.15, 0.2) is 0 Å². The Kier molecular flexibility index (Phi) is 5.70. The van der Waals surface area contributed by atoms with Gasteiger partial charge in [-0.05, 0) is 47.2 Å². The van der Waals surface area contributed by atoms with E-state index in [1.54, 1.807) is 11.8 Å². The molecule has 0 bridgehead atoms. The van der Waals surface area contributed by atoms with E-state index < -0.39 is 0 Å². The van der Waals surface area contributed by atoms with Crippen molar-refractivity contribution in [3.8, 4) is 16.8 Å². The molecule has 2 N–H and O–H groups in total. The summed E-state index contributed by atoms with van der Waals surface area (Å²) in [4.78, 5) is 13.7. The average molecular weight is 370 g/mol. The van der Waals surface area contributed by atoms with E-state index in [0.717, 1.165) is 11.1 Å². The summed E-state index contributed by atoms with van der Waals surface area (Å²) < 4.78 is 15.3. The molecule has 3 rings (SSSR count). The van der Waals surface area contributed by atoms with Crippen molar-refractivity contribution >= 4 is 11.8 Å². The van der Waals surface area contributed by atoms with Crippen molar-refractivity contribution < 1.29 is 4.39 Å². The van der Waals surface area contributed by atoms with Crippen LogP contribution < -0.4 is 11.4 Å². The number of benzene rings is 2. The molecule has 0 saturated heterocycles. The second-order valence-electron chi connectivity index (χ2n) is 5.69. The van der Waals surface area contributed by atoms with E-state index in [2.05, 4.69) is 29.4 Å². The van der Waals surface area contributed by atoms with Crippen LogP contribution in [0.3, 0.4) is 0 Å². The van der Waals surface area contributed by atoms with Gasteiger partial charge in [0.2, 0.25) is 0 Å². The Morgan fingerprint density at radius 3 is 2.65 bits per heavy atom. The third kappa shape index (κ3) is 3.79. The molecule has 2 aromatic carbocycles. The molecule has 0 unspecified atom stereocenters. The molecule has 3 aromatic rings.